The fraction of sp³-hybridized carbons (Fsp3) is 0.400. The third-order valence-corrected chi connectivity index (χ3v) is 3.43. The van der Waals surface area contributed by atoms with Gasteiger partial charge in [-0.3, -0.25) is 0 Å². The third kappa shape index (κ3) is 6.16. The largest absolute Gasteiger partial charge is 0.507 e. The van der Waals surface area contributed by atoms with Crippen molar-refractivity contribution >= 4 is 6.21 Å². The molecule has 0 unspecified atom stereocenters. The number of nitrogens with zero attached hydrogens (tertiary/aromatic N) is 2. The van der Waals surface area contributed by atoms with Gasteiger partial charge in [0.05, 0.1) is 6.21 Å². The number of hydrogen-bond donors (Lipinski definition) is 1. The molecule has 2 rings (SSSR count). The van der Waals surface area contributed by atoms with Crippen LogP contribution in [0.15, 0.2) is 23.3 Å². The minimum atomic E-state index is 0. The summed E-state index contributed by atoms with van der Waals surface area (Å²) in [5.41, 5.74) is 6.18. The first kappa shape index (κ1) is 22.5. The van der Waals surface area contributed by atoms with E-state index in [4.69, 9.17) is 0 Å². The van der Waals surface area contributed by atoms with Gasteiger partial charge >= 0.3 is 0 Å². The molecular formula is C20H29N2NiO-. The van der Waals surface area contributed by atoms with Crippen LogP contribution in [0.5, 0.6) is 5.75 Å². The maximum atomic E-state index is 10.0. The average Bonchev–Trinajstić information content (AvgIpc) is 2.66. The molecule has 1 aromatic carbocycles. The van der Waals surface area contributed by atoms with Crippen molar-refractivity contribution in [3.63, 3.8) is 0 Å². The number of aryl methyl sites for hydroxylation is 4. The van der Waals surface area contributed by atoms with Gasteiger partial charge in [-0.1, -0.05) is 6.07 Å². The fourth-order valence-corrected chi connectivity index (χ4v) is 2.30. The molecule has 0 amide bonds. The molecule has 3 nitrogen and oxygen atoms in total. The molecule has 0 aliphatic heterocycles. The summed E-state index contributed by atoms with van der Waals surface area (Å²) >= 11 is 0. The summed E-state index contributed by atoms with van der Waals surface area (Å²) in [5, 5.41) is 14.5. The predicted molar refractivity (Wildman–Crippen MR) is 99.5 cm³/mol. The Balaban J connectivity index is 0.000000954. The molecule has 4 heteroatoms. The van der Waals surface area contributed by atoms with Gasteiger partial charge in [-0.2, -0.15) is 25.9 Å². The average molecular weight is 372 g/mol. The van der Waals surface area contributed by atoms with Crippen LogP contribution < -0.4 is 0 Å². The van der Waals surface area contributed by atoms with E-state index < -0.39 is 0 Å². The Hall–Kier alpha value is -1.54. The molecule has 0 bridgehead atoms. The van der Waals surface area contributed by atoms with Crippen molar-refractivity contribution in [2.45, 2.75) is 55.4 Å². The first-order valence-corrected chi connectivity index (χ1v) is 7.90. The van der Waals surface area contributed by atoms with Gasteiger partial charge in [-0.15, -0.1) is 0 Å². The predicted octanol–water partition coefficient (Wildman–Crippen LogP) is 5.24. The Morgan fingerprint density at radius 2 is 1.50 bits per heavy atom. The van der Waals surface area contributed by atoms with Gasteiger partial charge in [-0.05, 0) is 63.4 Å². The quantitative estimate of drug-likeness (QED) is 0.437. The SMILES string of the molecule is C[C-](C)C.Cc1cc(C)c(O)c(C=Nn2c(C)cc(C)c2C)c1.[Ni]. The van der Waals surface area contributed by atoms with Crippen LogP contribution in [0.25, 0.3) is 0 Å². The van der Waals surface area contributed by atoms with Crippen LogP contribution in [0.3, 0.4) is 0 Å². The Bertz CT molecular complexity index is 697. The van der Waals surface area contributed by atoms with Crippen molar-refractivity contribution in [2.75, 3.05) is 0 Å². The minimum Gasteiger partial charge on any atom is -0.507 e. The number of aromatic nitrogens is 1. The van der Waals surface area contributed by atoms with Gasteiger partial charge in [0.15, 0.2) is 0 Å². The Morgan fingerprint density at radius 3 is 1.96 bits per heavy atom. The zero-order valence-corrected chi connectivity index (χ0v) is 17.0. The van der Waals surface area contributed by atoms with E-state index in [2.05, 4.69) is 38.9 Å². The van der Waals surface area contributed by atoms with Crippen LogP contribution in [0.2, 0.25) is 0 Å². The zero-order chi connectivity index (χ0) is 17.7. The molecule has 0 aliphatic rings. The molecule has 1 N–H and O–H groups in total. The van der Waals surface area contributed by atoms with E-state index >= 15 is 0 Å². The molecule has 0 radical (unpaired) electrons. The Morgan fingerprint density at radius 1 is 0.958 bits per heavy atom. The minimum absolute atomic E-state index is 0. The van der Waals surface area contributed by atoms with E-state index in [1.165, 1.54) is 11.5 Å². The number of aromatic hydroxyl groups is 1. The summed E-state index contributed by atoms with van der Waals surface area (Å²) in [5.74, 6) is 1.72. The molecule has 0 atom stereocenters. The summed E-state index contributed by atoms with van der Waals surface area (Å²) in [6.07, 6.45) is 1.72. The van der Waals surface area contributed by atoms with Crippen LogP contribution in [0, 0.1) is 40.5 Å². The maximum absolute atomic E-state index is 10.0. The zero-order valence-electron chi connectivity index (χ0n) is 16.0. The van der Waals surface area contributed by atoms with Gasteiger partial charge in [-0.25, -0.2) is 4.68 Å². The van der Waals surface area contributed by atoms with Crippen LogP contribution in [0.4, 0.5) is 0 Å². The molecule has 24 heavy (non-hydrogen) atoms. The second-order valence-electron chi connectivity index (χ2n) is 6.63. The molecular weight excluding hydrogens is 343 g/mol. The van der Waals surface area contributed by atoms with Gasteiger partial charge < -0.3 is 11.0 Å². The van der Waals surface area contributed by atoms with Crippen molar-refractivity contribution < 1.29 is 21.6 Å². The van der Waals surface area contributed by atoms with Crippen molar-refractivity contribution in [2.24, 2.45) is 5.10 Å². The normalized spacial score (nSPS) is 10.5. The number of phenolic OH excluding ortho intramolecular Hbond substituents is 1. The summed E-state index contributed by atoms with van der Waals surface area (Å²) in [6, 6.07) is 6.00. The smallest absolute Gasteiger partial charge is 0.127 e. The molecule has 1 aromatic heterocycles. The van der Waals surface area contributed by atoms with Gasteiger partial charge in [0.25, 0.3) is 0 Å². The Kier molecular flexibility index (Phi) is 9.06. The van der Waals surface area contributed by atoms with E-state index in [0.29, 0.717) is 5.75 Å². The third-order valence-electron chi connectivity index (χ3n) is 3.43. The van der Waals surface area contributed by atoms with E-state index in [1.807, 2.05) is 44.5 Å². The molecule has 0 aliphatic carbocycles. The molecule has 0 saturated carbocycles. The van der Waals surface area contributed by atoms with Crippen molar-refractivity contribution in [3.8, 4) is 5.75 Å². The van der Waals surface area contributed by atoms with E-state index in [-0.39, 0.29) is 16.5 Å². The Labute approximate surface area is 156 Å². The standard InChI is InChI=1S/C16H20N2O.C4H9.Ni/c1-10-6-12(3)16(19)15(7-10)9-17-18-13(4)8-11(2)14(18)5;1-4(2)3;/h6-9,19H,1-5H3;1-3H3;/q;-1;. The molecule has 136 valence electrons. The van der Waals surface area contributed by atoms with Crippen molar-refractivity contribution in [3.05, 3.63) is 57.8 Å². The molecule has 2 aromatic rings. The number of benzene rings is 1. The second kappa shape index (κ2) is 9.69. The monoisotopic (exact) mass is 371 g/mol. The van der Waals surface area contributed by atoms with E-state index in [9.17, 15) is 5.11 Å². The first-order valence-electron chi connectivity index (χ1n) is 7.90. The van der Waals surface area contributed by atoms with Gasteiger partial charge in [0.2, 0.25) is 0 Å². The number of phenols is 1. The van der Waals surface area contributed by atoms with Gasteiger partial charge in [0.1, 0.15) is 5.75 Å². The first-order chi connectivity index (χ1) is 10.6. The number of hydrogen-bond acceptors (Lipinski definition) is 2. The van der Waals surface area contributed by atoms with Crippen LogP contribution in [-0.4, -0.2) is 16.0 Å². The molecule has 0 saturated heterocycles. The summed E-state index contributed by atoms with van der Waals surface area (Å²) < 4.78 is 1.90. The maximum Gasteiger partial charge on any atom is 0.127 e. The molecule has 1 heterocycles. The summed E-state index contributed by atoms with van der Waals surface area (Å²) in [7, 11) is 0. The van der Waals surface area contributed by atoms with Gasteiger partial charge in [0, 0.05) is 33.4 Å². The second-order valence-corrected chi connectivity index (χ2v) is 6.63. The van der Waals surface area contributed by atoms with E-state index in [0.717, 1.165) is 28.1 Å². The van der Waals surface area contributed by atoms with E-state index in [1.54, 1.807) is 6.21 Å². The van der Waals surface area contributed by atoms with Crippen molar-refractivity contribution in [1.82, 2.24) is 4.68 Å². The summed E-state index contributed by atoms with van der Waals surface area (Å²) in [4.78, 5) is 0. The van der Waals surface area contributed by atoms with Crippen LogP contribution >= 0.6 is 0 Å². The molecule has 0 spiro atoms. The van der Waals surface area contributed by atoms with Crippen molar-refractivity contribution in [1.29, 1.82) is 0 Å². The number of rotatable bonds is 2. The van der Waals surface area contributed by atoms with Crippen LogP contribution in [-0.2, 0) is 16.5 Å². The van der Waals surface area contributed by atoms with Crippen LogP contribution in [0.1, 0.15) is 54.4 Å². The fourth-order valence-electron chi connectivity index (χ4n) is 2.30. The molecule has 0 fully saturated rings. The summed E-state index contributed by atoms with van der Waals surface area (Å²) in [6.45, 7) is 16.3. The topological polar surface area (TPSA) is 37.5 Å².